The second-order valence-corrected chi connectivity index (χ2v) is 5.66. The third-order valence-electron chi connectivity index (χ3n) is 3.11. The van der Waals surface area contributed by atoms with Gasteiger partial charge in [-0.1, -0.05) is 12.1 Å². The fourth-order valence-corrected chi connectivity index (χ4v) is 2.89. The van der Waals surface area contributed by atoms with Gasteiger partial charge in [-0.2, -0.15) is 13.2 Å². The van der Waals surface area contributed by atoms with E-state index in [0.29, 0.717) is 11.3 Å². The lowest BCUT2D eigenvalue weighted by molar-refractivity contribution is -0.137. The summed E-state index contributed by atoms with van der Waals surface area (Å²) in [4.78, 5) is 11.9. The highest BCUT2D eigenvalue weighted by molar-refractivity contribution is 7.99. The zero-order valence-electron chi connectivity index (χ0n) is 11.2. The highest BCUT2D eigenvalue weighted by Crippen LogP contribution is 2.30. The standard InChI is InChI=1S/C13H15F3N2OS.ClH/c1-8(18-12(19)11-6-20-7-17-11)9-3-2-4-10(5-9)13(14,15)16;/h2-5,8,11,17H,6-7H2,1H3,(H,18,19);1H. The van der Waals surface area contributed by atoms with Gasteiger partial charge in [0.2, 0.25) is 5.91 Å². The molecule has 2 unspecified atom stereocenters. The number of hydrogen-bond acceptors (Lipinski definition) is 3. The van der Waals surface area contributed by atoms with Gasteiger partial charge in [0, 0.05) is 11.6 Å². The van der Waals surface area contributed by atoms with Crippen LogP contribution in [0, 0.1) is 0 Å². The molecule has 1 aromatic carbocycles. The maximum Gasteiger partial charge on any atom is 0.416 e. The van der Waals surface area contributed by atoms with E-state index in [0.717, 1.165) is 18.0 Å². The molecule has 1 fully saturated rings. The topological polar surface area (TPSA) is 41.1 Å². The Balaban J connectivity index is 0.00000220. The van der Waals surface area contributed by atoms with Crippen LogP contribution in [-0.4, -0.2) is 23.6 Å². The van der Waals surface area contributed by atoms with Crippen molar-refractivity contribution in [3.8, 4) is 0 Å². The second-order valence-electron chi connectivity index (χ2n) is 4.63. The molecule has 118 valence electrons. The van der Waals surface area contributed by atoms with Crippen molar-refractivity contribution in [2.75, 3.05) is 11.6 Å². The molecule has 0 aliphatic carbocycles. The Morgan fingerprint density at radius 3 is 2.76 bits per heavy atom. The van der Waals surface area contributed by atoms with Crippen molar-refractivity contribution in [2.45, 2.75) is 25.2 Å². The summed E-state index contributed by atoms with van der Waals surface area (Å²) < 4.78 is 37.9. The minimum absolute atomic E-state index is 0. The Bertz CT molecular complexity index is 493. The van der Waals surface area contributed by atoms with E-state index in [-0.39, 0.29) is 24.4 Å². The van der Waals surface area contributed by atoms with E-state index in [2.05, 4.69) is 10.6 Å². The third-order valence-corrected chi connectivity index (χ3v) is 4.05. The number of nitrogens with one attached hydrogen (secondary N) is 2. The summed E-state index contributed by atoms with van der Waals surface area (Å²) in [5.41, 5.74) is -0.260. The number of halogens is 4. The van der Waals surface area contributed by atoms with E-state index in [1.54, 1.807) is 24.8 Å². The van der Waals surface area contributed by atoms with Crippen molar-refractivity contribution < 1.29 is 18.0 Å². The van der Waals surface area contributed by atoms with Crippen molar-refractivity contribution >= 4 is 30.1 Å². The van der Waals surface area contributed by atoms with Gasteiger partial charge < -0.3 is 5.32 Å². The largest absolute Gasteiger partial charge is 0.416 e. The number of alkyl halides is 3. The Morgan fingerprint density at radius 1 is 1.48 bits per heavy atom. The molecular formula is C13H16ClF3N2OS. The smallest absolute Gasteiger partial charge is 0.348 e. The monoisotopic (exact) mass is 340 g/mol. The molecule has 2 N–H and O–H groups in total. The number of hydrogen-bond donors (Lipinski definition) is 2. The SMILES string of the molecule is CC(NC(=O)C1CSCN1)c1cccc(C(F)(F)F)c1.Cl. The van der Waals surface area contributed by atoms with Gasteiger partial charge in [-0.15, -0.1) is 24.2 Å². The van der Waals surface area contributed by atoms with Crippen molar-refractivity contribution in [2.24, 2.45) is 0 Å². The van der Waals surface area contributed by atoms with Crippen molar-refractivity contribution in [3.63, 3.8) is 0 Å². The molecule has 1 saturated heterocycles. The van der Waals surface area contributed by atoms with E-state index < -0.39 is 17.8 Å². The molecule has 0 saturated carbocycles. The van der Waals surface area contributed by atoms with Crippen LogP contribution in [-0.2, 0) is 11.0 Å². The van der Waals surface area contributed by atoms with E-state index in [1.807, 2.05) is 0 Å². The lowest BCUT2D eigenvalue weighted by Crippen LogP contribution is -2.42. The molecule has 1 aliphatic rings. The summed E-state index contributed by atoms with van der Waals surface area (Å²) in [6.45, 7) is 1.68. The first-order chi connectivity index (χ1) is 9.38. The molecule has 2 rings (SSSR count). The van der Waals surface area contributed by atoms with Crippen LogP contribution in [0.5, 0.6) is 0 Å². The van der Waals surface area contributed by atoms with Gasteiger partial charge in [0.1, 0.15) is 0 Å². The minimum atomic E-state index is -4.37. The zero-order valence-corrected chi connectivity index (χ0v) is 12.9. The average Bonchev–Trinajstić information content (AvgIpc) is 2.91. The van der Waals surface area contributed by atoms with Crippen LogP contribution < -0.4 is 10.6 Å². The molecule has 1 heterocycles. The van der Waals surface area contributed by atoms with Gasteiger partial charge in [-0.25, -0.2) is 0 Å². The zero-order chi connectivity index (χ0) is 14.8. The van der Waals surface area contributed by atoms with Crippen LogP contribution in [0.2, 0.25) is 0 Å². The van der Waals surface area contributed by atoms with Gasteiger partial charge >= 0.3 is 6.18 Å². The summed E-state index contributed by atoms with van der Waals surface area (Å²) in [5, 5.41) is 5.75. The quantitative estimate of drug-likeness (QED) is 0.889. The van der Waals surface area contributed by atoms with Crippen molar-refractivity contribution in [1.29, 1.82) is 0 Å². The van der Waals surface area contributed by atoms with Gasteiger partial charge in [-0.3, -0.25) is 10.1 Å². The normalized spacial score (nSPS) is 19.7. The second kappa shape index (κ2) is 7.38. The predicted molar refractivity (Wildman–Crippen MR) is 79.5 cm³/mol. The Morgan fingerprint density at radius 2 is 2.19 bits per heavy atom. The highest BCUT2D eigenvalue weighted by Gasteiger charge is 2.31. The first kappa shape index (κ1) is 18.1. The molecule has 0 bridgehead atoms. The molecule has 21 heavy (non-hydrogen) atoms. The van der Waals surface area contributed by atoms with Gasteiger partial charge in [0.05, 0.1) is 17.6 Å². The molecule has 2 atom stereocenters. The molecule has 8 heteroatoms. The van der Waals surface area contributed by atoms with E-state index in [1.165, 1.54) is 6.07 Å². The number of carbonyl (C=O) groups is 1. The summed E-state index contributed by atoms with van der Waals surface area (Å²) in [6, 6.07) is 4.29. The Kier molecular flexibility index (Phi) is 6.37. The van der Waals surface area contributed by atoms with Gasteiger partial charge in [0.25, 0.3) is 0 Å². The summed E-state index contributed by atoms with van der Waals surface area (Å²) in [5.74, 6) is 1.22. The molecule has 0 spiro atoms. The number of benzene rings is 1. The molecule has 0 radical (unpaired) electrons. The van der Waals surface area contributed by atoms with Gasteiger partial charge in [-0.05, 0) is 24.6 Å². The summed E-state index contributed by atoms with van der Waals surface area (Å²) >= 11 is 1.62. The average molecular weight is 341 g/mol. The minimum Gasteiger partial charge on any atom is -0.348 e. The molecule has 1 aromatic rings. The third kappa shape index (κ3) is 4.79. The maximum absolute atomic E-state index is 12.6. The first-order valence-electron chi connectivity index (χ1n) is 6.16. The number of carbonyl (C=O) groups excluding carboxylic acids is 1. The molecule has 1 amide bonds. The van der Waals surface area contributed by atoms with Crippen LogP contribution >= 0.6 is 24.2 Å². The van der Waals surface area contributed by atoms with E-state index >= 15 is 0 Å². The lowest BCUT2D eigenvalue weighted by Gasteiger charge is -2.18. The Labute approximate surface area is 131 Å². The Hall–Kier alpha value is -0.920. The highest BCUT2D eigenvalue weighted by atomic mass is 35.5. The number of amides is 1. The molecule has 1 aliphatic heterocycles. The summed E-state index contributed by atoms with van der Waals surface area (Å²) in [7, 11) is 0. The van der Waals surface area contributed by atoms with Crippen molar-refractivity contribution in [1.82, 2.24) is 10.6 Å². The number of thioether (sulfide) groups is 1. The van der Waals surface area contributed by atoms with Gasteiger partial charge in [0.15, 0.2) is 0 Å². The summed E-state index contributed by atoms with van der Waals surface area (Å²) in [6.07, 6.45) is -4.37. The van der Waals surface area contributed by atoms with Crippen LogP contribution in [0.25, 0.3) is 0 Å². The molecule has 0 aromatic heterocycles. The van der Waals surface area contributed by atoms with Crippen LogP contribution in [0.15, 0.2) is 24.3 Å². The molecular weight excluding hydrogens is 325 g/mol. The first-order valence-corrected chi connectivity index (χ1v) is 7.32. The van der Waals surface area contributed by atoms with Crippen LogP contribution in [0.3, 0.4) is 0 Å². The fraction of sp³-hybridized carbons (Fsp3) is 0.462. The van der Waals surface area contributed by atoms with Crippen LogP contribution in [0.4, 0.5) is 13.2 Å². The number of rotatable bonds is 3. The fourth-order valence-electron chi connectivity index (χ4n) is 1.95. The molecule has 3 nitrogen and oxygen atoms in total. The van der Waals surface area contributed by atoms with E-state index in [4.69, 9.17) is 0 Å². The lowest BCUT2D eigenvalue weighted by atomic mass is 10.0. The van der Waals surface area contributed by atoms with E-state index in [9.17, 15) is 18.0 Å². The maximum atomic E-state index is 12.6. The van der Waals surface area contributed by atoms with Crippen molar-refractivity contribution in [3.05, 3.63) is 35.4 Å². The van der Waals surface area contributed by atoms with Crippen LogP contribution in [0.1, 0.15) is 24.1 Å². The predicted octanol–water partition coefficient (Wildman–Crippen LogP) is 2.97.